The minimum Gasteiger partial charge on any atom is -0.220 e. The maximum absolute atomic E-state index is 6.25. The van der Waals surface area contributed by atoms with Crippen LogP contribution in [0, 0.1) is 0 Å². The van der Waals surface area contributed by atoms with E-state index in [2.05, 4.69) is 9.97 Å². The SMILES string of the molecule is CC(C)(C)c1nc(Cl)c(-c2ccc(Cl)cc2)c(Cl)n1. The first-order valence-corrected chi connectivity index (χ1v) is 6.92. The molecule has 1 aromatic carbocycles. The fourth-order valence-electron chi connectivity index (χ4n) is 1.60. The zero-order valence-electron chi connectivity index (χ0n) is 10.8. The van der Waals surface area contributed by atoms with Crippen molar-refractivity contribution in [2.45, 2.75) is 26.2 Å². The van der Waals surface area contributed by atoms with E-state index in [0.717, 1.165) is 5.56 Å². The van der Waals surface area contributed by atoms with Crippen molar-refractivity contribution >= 4 is 34.8 Å². The van der Waals surface area contributed by atoms with Crippen molar-refractivity contribution in [1.82, 2.24) is 9.97 Å². The van der Waals surface area contributed by atoms with Crippen LogP contribution in [0.2, 0.25) is 15.3 Å². The van der Waals surface area contributed by atoms with Gasteiger partial charge in [-0.1, -0.05) is 67.7 Å². The van der Waals surface area contributed by atoms with Gasteiger partial charge in [0.25, 0.3) is 0 Å². The highest BCUT2D eigenvalue weighted by atomic mass is 35.5. The van der Waals surface area contributed by atoms with Crippen molar-refractivity contribution < 1.29 is 0 Å². The monoisotopic (exact) mass is 314 g/mol. The first-order valence-electron chi connectivity index (χ1n) is 5.78. The maximum atomic E-state index is 6.25. The van der Waals surface area contributed by atoms with Gasteiger partial charge in [0.1, 0.15) is 16.1 Å². The lowest BCUT2D eigenvalue weighted by Gasteiger charge is -2.18. The van der Waals surface area contributed by atoms with Crippen LogP contribution in [-0.2, 0) is 5.41 Å². The van der Waals surface area contributed by atoms with Crippen molar-refractivity contribution in [2.24, 2.45) is 0 Å². The zero-order valence-corrected chi connectivity index (χ0v) is 13.1. The van der Waals surface area contributed by atoms with Gasteiger partial charge < -0.3 is 0 Å². The maximum Gasteiger partial charge on any atom is 0.142 e. The standard InChI is InChI=1S/C14H13Cl3N2/c1-14(2,3)13-18-11(16)10(12(17)19-13)8-4-6-9(15)7-5-8/h4-7H,1-3H3. The van der Waals surface area contributed by atoms with E-state index in [1.807, 2.05) is 32.9 Å². The largest absolute Gasteiger partial charge is 0.220 e. The molecule has 0 unspecified atom stereocenters. The Morgan fingerprint density at radius 1 is 0.842 bits per heavy atom. The van der Waals surface area contributed by atoms with Gasteiger partial charge >= 0.3 is 0 Å². The molecule has 0 saturated heterocycles. The molecule has 0 amide bonds. The molecule has 2 nitrogen and oxygen atoms in total. The number of hydrogen-bond acceptors (Lipinski definition) is 2. The highest BCUT2D eigenvalue weighted by molar-refractivity contribution is 6.37. The molecule has 1 aromatic heterocycles. The van der Waals surface area contributed by atoms with Crippen LogP contribution in [0.3, 0.4) is 0 Å². The third kappa shape index (κ3) is 3.19. The molecule has 0 atom stereocenters. The molecule has 19 heavy (non-hydrogen) atoms. The Morgan fingerprint density at radius 3 is 1.74 bits per heavy atom. The van der Waals surface area contributed by atoms with E-state index in [4.69, 9.17) is 34.8 Å². The molecule has 2 rings (SSSR count). The number of rotatable bonds is 1. The number of halogens is 3. The number of hydrogen-bond donors (Lipinski definition) is 0. The summed E-state index contributed by atoms with van der Waals surface area (Å²) >= 11 is 18.4. The second-order valence-electron chi connectivity index (χ2n) is 5.26. The van der Waals surface area contributed by atoms with Crippen LogP contribution < -0.4 is 0 Å². The zero-order chi connectivity index (χ0) is 14.2. The second kappa shape index (κ2) is 5.28. The Bertz CT molecular complexity index is 578. The van der Waals surface area contributed by atoms with Gasteiger partial charge in [-0.2, -0.15) is 0 Å². The first-order chi connectivity index (χ1) is 8.79. The van der Waals surface area contributed by atoms with Crippen molar-refractivity contribution in [1.29, 1.82) is 0 Å². The van der Waals surface area contributed by atoms with Crippen molar-refractivity contribution in [3.63, 3.8) is 0 Å². The molecule has 0 saturated carbocycles. The average Bonchev–Trinajstić information content (AvgIpc) is 2.29. The van der Waals surface area contributed by atoms with Crippen LogP contribution in [0.25, 0.3) is 11.1 Å². The summed E-state index contributed by atoms with van der Waals surface area (Å²) in [6.45, 7) is 6.03. The summed E-state index contributed by atoms with van der Waals surface area (Å²) in [7, 11) is 0. The predicted molar refractivity (Wildman–Crippen MR) is 81.2 cm³/mol. The van der Waals surface area contributed by atoms with Crippen LogP contribution in [0.1, 0.15) is 26.6 Å². The van der Waals surface area contributed by atoms with Crippen LogP contribution in [0.4, 0.5) is 0 Å². The summed E-state index contributed by atoms with van der Waals surface area (Å²) in [5.41, 5.74) is 1.28. The summed E-state index contributed by atoms with van der Waals surface area (Å²) in [5.74, 6) is 0.625. The van der Waals surface area contributed by atoms with Gasteiger partial charge in [0.2, 0.25) is 0 Å². The average molecular weight is 316 g/mol. The summed E-state index contributed by atoms with van der Waals surface area (Å²) < 4.78 is 0. The predicted octanol–water partition coefficient (Wildman–Crippen LogP) is 5.40. The Balaban J connectivity index is 2.57. The van der Waals surface area contributed by atoms with Gasteiger partial charge in [0, 0.05) is 10.4 Å². The minimum atomic E-state index is -0.203. The summed E-state index contributed by atoms with van der Waals surface area (Å²) in [6, 6.07) is 7.24. The molecule has 2 aromatic rings. The summed E-state index contributed by atoms with van der Waals surface area (Å²) in [6.07, 6.45) is 0. The van der Waals surface area contributed by atoms with Gasteiger partial charge in [-0.3, -0.25) is 0 Å². The van der Waals surface area contributed by atoms with E-state index < -0.39 is 0 Å². The molecule has 0 aliphatic carbocycles. The number of nitrogens with zero attached hydrogens (tertiary/aromatic N) is 2. The van der Waals surface area contributed by atoms with Gasteiger partial charge in [-0.25, -0.2) is 9.97 Å². The quantitative estimate of drug-likeness (QED) is 0.658. The molecule has 100 valence electrons. The molecule has 0 fully saturated rings. The molecule has 0 spiro atoms. The van der Waals surface area contributed by atoms with Crippen LogP contribution in [0.15, 0.2) is 24.3 Å². The Kier molecular flexibility index (Phi) is 4.05. The lowest BCUT2D eigenvalue weighted by Crippen LogP contribution is -2.16. The van der Waals surface area contributed by atoms with E-state index in [9.17, 15) is 0 Å². The molecule has 1 heterocycles. The first kappa shape index (κ1) is 14.6. The molecule has 0 N–H and O–H groups in total. The fraction of sp³-hybridized carbons (Fsp3) is 0.286. The van der Waals surface area contributed by atoms with E-state index in [1.54, 1.807) is 12.1 Å². The highest BCUT2D eigenvalue weighted by Crippen LogP contribution is 2.34. The van der Waals surface area contributed by atoms with Gasteiger partial charge in [0.15, 0.2) is 0 Å². The molecule has 0 aliphatic rings. The van der Waals surface area contributed by atoms with Gasteiger partial charge in [-0.05, 0) is 17.7 Å². The Labute approximate surface area is 127 Å². The topological polar surface area (TPSA) is 25.8 Å². The number of aromatic nitrogens is 2. The molecular weight excluding hydrogens is 303 g/mol. The number of benzene rings is 1. The lowest BCUT2D eigenvalue weighted by atomic mass is 9.95. The van der Waals surface area contributed by atoms with Crippen LogP contribution in [-0.4, -0.2) is 9.97 Å². The molecule has 0 bridgehead atoms. The van der Waals surface area contributed by atoms with Crippen LogP contribution in [0.5, 0.6) is 0 Å². The molecule has 0 aliphatic heterocycles. The Hall–Kier alpha value is -0.830. The van der Waals surface area contributed by atoms with Gasteiger partial charge in [-0.15, -0.1) is 0 Å². The second-order valence-corrected chi connectivity index (χ2v) is 6.41. The van der Waals surface area contributed by atoms with Crippen molar-refractivity contribution in [3.05, 3.63) is 45.4 Å². The normalized spacial score (nSPS) is 11.7. The van der Waals surface area contributed by atoms with Gasteiger partial charge in [0.05, 0.1) is 5.56 Å². The van der Waals surface area contributed by atoms with E-state index in [1.165, 1.54) is 0 Å². The third-order valence-corrected chi connectivity index (χ3v) is 3.42. The fourth-order valence-corrected chi connectivity index (χ4v) is 2.33. The Morgan fingerprint density at radius 2 is 1.32 bits per heavy atom. The van der Waals surface area contributed by atoms with E-state index in [-0.39, 0.29) is 5.41 Å². The lowest BCUT2D eigenvalue weighted by molar-refractivity contribution is 0.545. The summed E-state index contributed by atoms with van der Waals surface area (Å²) in [4.78, 5) is 8.68. The minimum absolute atomic E-state index is 0.203. The molecule has 5 heteroatoms. The smallest absolute Gasteiger partial charge is 0.142 e. The molecular formula is C14H13Cl3N2. The molecule has 0 radical (unpaired) electrons. The summed E-state index contributed by atoms with van der Waals surface area (Å²) in [5, 5.41) is 1.36. The third-order valence-electron chi connectivity index (χ3n) is 2.62. The van der Waals surface area contributed by atoms with Crippen LogP contribution >= 0.6 is 34.8 Å². The van der Waals surface area contributed by atoms with E-state index in [0.29, 0.717) is 26.7 Å². The van der Waals surface area contributed by atoms with Crippen molar-refractivity contribution in [3.8, 4) is 11.1 Å². The van der Waals surface area contributed by atoms with Crippen molar-refractivity contribution in [2.75, 3.05) is 0 Å². The van der Waals surface area contributed by atoms with E-state index >= 15 is 0 Å². The highest BCUT2D eigenvalue weighted by Gasteiger charge is 2.21.